The van der Waals surface area contributed by atoms with Crippen LogP contribution >= 0.6 is 0 Å². The third-order valence-electron chi connectivity index (χ3n) is 8.13. The fourth-order valence-corrected chi connectivity index (χ4v) is 6.57. The minimum atomic E-state index is -1.06. The van der Waals surface area contributed by atoms with Crippen molar-refractivity contribution in [2.24, 2.45) is 20.0 Å². The maximum Gasteiger partial charge on any atom is 0.261 e. The first-order valence-electron chi connectivity index (χ1n) is 12.7. The van der Waals surface area contributed by atoms with Gasteiger partial charge in [-0.25, -0.2) is 0 Å². The first kappa shape index (κ1) is 23.8. The molecule has 2 aromatic carbocycles. The number of aromatic nitrogens is 2. The molecule has 0 amide bonds. The number of nitrogens with zero attached hydrogens (tertiary/aromatic N) is 2. The average molecular weight is 501 g/mol. The van der Waals surface area contributed by atoms with Crippen LogP contribution in [-0.2, 0) is 14.1 Å². The number of benzene rings is 2. The molecule has 0 unspecified atom stereocenters. The molecule has 1 N–H and O–H groups in total. The Balaban J connectivity index is 1.73. The van der Waals surface area contributed by atoms with E-state index in [0.717, 1.165) is 21.8 Å². The molecule has 0 saturated heterocycles. The molecule has 0 aliphatic carbocycles. The predicted octanol–water partition coefficient (Wildman–Crippen LogP) is 4.56. The van der Waals surface area contributed by atoms with Gasteiger partial charge in [-0.15, -0.1) is 0 Å². The summed E-state index contributed by atoms with van der Waals surface area (Å²) >= 11 is 0. The molecule has 7 nitrogen and oxygen atoms in total. The van der Waals surface area contributed by atoms with E-state index in [1.807, 2.05) is 62.4 Å². The summed E-state index contributed by atoms with van der Waals surface area (Å²) in [7, 11) is 3.52. The second-order valence-corrected chi connectivity index (χ2v) is 11.6. The minimum Gasteiger partial charge on any atom is -0.486 e. The summed E-state index contributed by atoms with van der Waals surface area (Å²) < 4.78 is 16.7. The second-order valence-electron chi connectivity index (χ2n) is 11.6. The summed E-state index contributed by atoms with van der Waals surface area (Å²) in [5, 5.41) is 12.7. The Morgan fingerprint density at radius 3 is 1.95 bits per heavy atom. The van der Waals surface area contributed by atoms with Crippen LogP contribution in [0, 0.1) is 5.92 Å². The topological polar surface area (TPSA) is 82.7 Å². The van der Waals surface area contributed by atoms with Gasteiger partial charge in [-0.3, -0.25) is 9.59 Å². The largest absolute Gasteiger partial charge is 0.486 e. The number of hydrogen-bond acceptors (Lipinski definition) is 5. The zero-order valence-electron chi connectivity index (χ0n) is 22.0. The van der Waals surface area contributed by atoms with Crippen molar-refractivity contribution in [3.8, 4) is 11.5 Å². The maximum absolute atomic E-state index is 13.9. The van der Waals surface area contributed by atoms with Gasteiger partial charge >= 0.3 is 0 Å². The van der Waals surface area contributed by atoms with E-state index >= 15 is 0 Å². The molecule has 0 bridgehead atoms. The molecular formula is C30H32N2O5. The van der Waals surface area contributed by atoms with E-state index in [2.05, 4.69) is 0 Å². The highest BCUT2D eigenvalue weighted by molar-refractivity contribution is 5.89. The van der Waals surface area contributed by atoms with Crippen molar-refractivity contribution in [1.82, 2.24) is 9.13 Å². The fourth-order valence-electron chi connectivity index (χ4n) is 6.57. The molecule has 0 fully saturated rings. The first-order chi connectivity index (χ1) is 17.4. The number of rotatable bonds is 2. The summed E-state index contributed by atoms with van der Waals surface area (Å²) in [5.74, 6) is 0.231. The normalized spacial score (nSPS) is 22.1. The number of hydrogen-bond donors (Lipinski definition) is 1. The quantitative estimate of drug-likeness (QED) is 0.437. The number of pyridine rings is 2. The zero-order valence-corrected chi connectivity index (χ0v) is 22.0. The molecule has 2 aliphatic rings. The van der Waals surface area contributed by atoms with Crippen molar-refractivity contribution in [1.29, 1.82) is 0 Å². The second kappa shape index (κ2) is 7.71. The highest BCUT2D eigenvalue weighted by Gasteiger charge is 2.56. The summed E-state index contributed by atoms with van der Waals surface area (Å²) in [5.41, 5.74) is 0.326. The van der Waals surface area contributed by atoms with Gasteiger partial charge in [0.05, 0.1) is 22.2 Å². The number of aryl methyl sites for hydroxylation is 2. The van der Waals surface area contributed by atoms with E-state index in [4.69, 9.17) is 9.47 Å². The molecule has 6 rings (SSSR count). The lowest BCUT2D eigenvalue weighted by Crippen LogP contribution is -2.54. The number of aliphatic hydroxyl groups is 1. The third kappa shape index (κ3) is 3.37. The monoisotopic (exact) mass is 500 g/mol. The van der Waals surface area contributed by atoms with Crippen molar-refractivity contribution < 1.29 is 14.6 Å². The van der Waals surface area contributed by atoms with Gasteiger partial charge in [0.2, 0.25) is 0 Å². The van der Waals surface area contributed by atoms with Gasteiger partial charge in [-0.1, -0.05) is 24.3 Å². The lowest BCUT2D eigenvalue weighted by Gasteiger charge is -2.51. The van der Waals surface area contributed by atoms with Gasteiger partial charge in [-0.2, -0.15) is 0 Å². The lowest BCUT2D eigenvalue weighted by atomic mass is 9.65. The average Bonchev–Trinajstić information content (AvgIpc) is 2.84. The number of para-hydroxylation sites is 2. The third-order valence-corrected chi connectivity index (χ3v) is 8.13. The molecule has 0 spiro atoms. The number of fused-ring (bicyclic) bond motifs is 8. The molecule has 0 radical (unpaired) electrons. The van der Waals surface area contributed by atoms with E-state index in [1.54, 1.807) is 37.1 Å². The van der Waals surface area contributed by atoms with Crippen LogP contribution in [0.3, 0.4) is 0 Å². The lowest BCUT2D eigenvalue weighted by molar-refractivity contribution is -0.0788. The Kier molecular flexibility index (Phi) is 4.96. The molecule has 4 aromatic rings. The molecule has 0 saturated carbocycles. The van der Waals surface area contributed by atoms with E-state index in [-0.39, 0.29) is 17.0 Å². The van der Waals surface area contributed by atoms with Gasteiger partial charge < -0.3 is 23.7 Å². The van der Waals surface area contributed by atoms with Crippen LogP contribution in [-0.4, -0.2) is 25.4 Å². The van der Waals surface area contributed by atoms with Gasteiger partial charge in [-0.05, 0) is 58.4 Å². The predicted molar refractivity (Wildman–Crippen MR) is 144 cm³/mol. The standard InChI is InChI=1S/C30H32N2O5/c1-29(2,35)15-18-21-24(16-11-7-9-13-19(16)31(5)27(21)33)36-26-22-25(37-30(3,4)23(18)26)17-12-8-10-14-20(17)32(6)28(22)34/h7-14,18,23,26,35H,15H2,1-6H3/t18-,23+,26+/m0/s1. The fraction of sp³-hybridized carbons (Fsp3) is 0.400. The van der Waals surface area contributed by atoms with Gasteiger partial charge in [0, 0.05) is 36.7 Å². The minimum absolute atomic E-state index is 0.158. The Morgan fingerprint density at radius 1 is 0.865 bits per heavy atom. The van der Waals surface area contributed by atoms with E-state index < -0.39 is 23.2 Å². The smallest absolute Gasteiger partial charge is 0.261 e. The Labute approximate surface area is 214 Å². The van der Waals surface area contributed by atoms with Crippen molar-refractivity contribution in [3.63, 3.8) is 0 Å². The van der Waals surface area contributed by atoms with E-state index in [9.17, 15) is 14.7 Å². The van der Waals surface area contributed by atoms with Gasteiger partial charge in [0.25, 0.3) is 11.1 Å². The van der Waals surface area contributed by atoms with Gasteiger partial charge in [0.15, 0.2) is 0 Å². The Bertz CT molecular complexity index is 1710. The van der Waals surface area contributed by atoms with Crippen LogP contribution < -0.4 is 20.6 Å². The van der Waals surface area contributed by atoms with Crippen molar-refractivity contribution in [3.05, 3.63) is 80.4 Å². The Morgan fingerprint density at radius 2 is 1.38 bits per heavy atom. The highest BCUT2D eigenvalue weighted by Crippen LogP contribution is 2.58. The summed E-state index contributed by atoms with van der Waals surface area (Å²) in [6, 6.07) is 15.3. The van der Waals surface area contributed by atoms with Crippen molar-refractivity contribution >= 4 is 21.8 Å². The molecular weight excluding hydrogens is 468 g/mol. The molecule has 2 aromatic heterocycles. The summed E-state index contributed by atoms with van der Waals surface area (Å²) in [4.78, 5) is 27.7. The molecule has 37 heavy (non-hydrogen) atoms. The first-order valence-corrected chi connectivity index (χ1v) is 12.7. The summed E-state index contributed by atoms with van der Waals surface area (Å²) in [6.45, 7) is 7.47. The Hall–Kier alpha value is -3.58. The van der Waals surface area contributed by atoms with Gasteiger partial charge in [0.1, 0.15) is 28.8 Å². The highest BCUT2D eigenvalue weighted by atomic mass is 16.5. The summed E-state index contributed by atoms with van der Waals surface area (Å²) in [6.07, 6.45) is -0.342. The van der Waals surface area contributed by atoms with E-state index in [1.165, 1.54) is 0 Å². The van der Waals surface area contributed by atoms with Crippen molar-refractivity contribution in [2.75, 3.05) is 0 Å². The molecule has 7 heteroatoms. The number of ether oxygens (including phenoxy) is 2. The van der Waals surface area contributed by atoms with Crippen LogP contribution in [0.2, 0.25) is 0 Å². The van der Waals surface area contributed by atoms with Crippen LogP contribution in [0.15, 0.2) is 58.1 Å². The van der Waals surface area contributed by atoms with Crippen LogP contribution in [0.1, 0.15) is 57.3 Å². The zero-order chi connectivity index (χ0) is 26.4. The molecule has 192 valence electrons. The van der Waals surface area contributed by atoms with Crippen LogP contribution in [0.5, 0.6) is 11.5 Å². The molecule has 2 aliphatic heterocycles. The SMILES string of the molecule is Cn1c(=O)c2c(c3ccccc31)OC(C)(C)[C@H]1[C@@H]2Oc2c(c(=O)n(C)c3ccccc23)[C@@H]1CC(C)(C)O. The van der Waals surface area contributed by atoms with E-state index in [0.29, 0.717) is 29.0 Å². The van der Waals surface area contributed by atoms with Crippen LogP contribution in [0.25, 0.3) is 21.8 Å². The maximum atomic E-state index is 13.9. The molecule has 4 heterocycles. The van der Waals surface area contributed by atoms with Crippen LogP contribution in [0.4, 0.5) is 0 Å². The van der Waals surface area contributed by atoms with Crippen molar-refractivity contribution in [2.45, 2.75) is 57.3 Å². The molecule has 3 atom stereocenters.